The van der Waals surface area contributed by atoms with Crippen molar-refractivity contribution in [1.82, 2.24) is 0 Å². The summed E-state index contributed by atoms with van der Waals surface area (Å²) in [5.41, 5.74) is -0.152. The van der Waals surface area contributed by atoms with Gasteiger partial charge < -0.3 is 4.74 Å². The molecule has 1 atom stereocenters. The van der Waals surface area contributed by atoms with E-state index in [1.165, 1.54) is 18.2 Å². The van der Waals surface area contributed by atoms with E-state index < -0.39 is 0 Å². The van der Waals surface area contributed by atoms with Crippen LogP contribution in [0.4, 0.5) is 0 Å². The van der Waals surface area contributed by atoms with Crippen molar-refractivity contribution in [3.8, 4) is 0 Å². The normalized spacial score (nSPS) is 12.1. The largest absolute Gasteiger partial charge is 0.451 e. The van der Waals surface area contributed by atoms with Gasteiger partial charge in [-0.05, 0) is 19.1 Å². The Hall–Kier alpha value is -0.960. The zero-order chi connectivity index (χ0) is 10.4. The van der Waals surface area contributed by atoms with Crippen molar-refractivity contribution >= 4 is 17.7 Å². The Morgan fingerprint density at radius 3 is 2.64 bits per heavy atom. The summed E-state index contributed by atoms with van der Waals surface area (Å²) < 4.78 is 5.07. The molecule has 0 N–H and O–H groups in total. The Balaban J connectivity index is 2.41. The van der Waals surface area contributed by atoms with E-state index in [1.807, 2.05) is 37.3 Å². The number of hydrogen-bond acceptors (Lipinski definition) is 3. The summed E-state index contributed by atoms with van der Waals surface area (Å²) >= 11 is 1.52. The average molecular weight is 209 g/mol. The van der Waals surface area contributed by atoms with Gasteiger partial charge in [-0.1, -0.05) is 36.9 Å². The Kier molecular flexibility index (Phi) is 4.53. The van der Waals surface area contributed by atoms with Crippen molar-refractivity contribution in [3.05, 3.63) is 36.8 Å². The van der Waals surface area contributed by atoms with Crippen LogP contribution in [0.25, 0.3) is 0 Å². The van der Waals surface area contributed by atoms with Crippen LogP contribution in [0.3, 0.4) is 0 Å². The highest BCUT2D eigenvalue weighted by Gasteiger charge is 2.08. The number of carbonyl (C=O) groups is 1. The molecule has 0 heterocycles. The lowest BCUT2D eigenvalue weighted by molar-refractivity contribution is -0.140. The highest BCUT2D eigenvalue weighted by atomic mass is 32.2. The monoisotopic (exact) mass is 209 g/mol. The van der Waals surface area contributed by atoms with Gasteiger partial charge in [0.1, 0.15) is 5.44 Å². The number of esters is 1. The Morgan fingerprint density at radius 1 is 1.43 bits per heavy atom. The summed E-state index contributed by atoms with van der Waals surface area (Å²) in [6, 6.07) is 9.86. The van der Waals surface area contributed by atoms with Gasteiger partial charge in [-0.3, -0.25) is 4.79 Å². The van der Waals surface area contributed by atoms with Crippen molar-refractivity contribution in [1.29, 1.82) is 0 Å². The molecule has 14 heavy (non-hydrogen) atoms. The van der Waals surface area contributed by atoms with Crippen LogP contribution in [0.2, 0.25) is 0 Å². The van der Waals surface area contributed by atoms with Crippen molar-refractivity contribution in [2.45, 2.75) is 24.2 Å². The molecule has 1 aromatic carbocycles. The summed E-state index contributed by atoms with van der Waals surface area (Å²) in [5, 5.41) is 0. The molecule has 1 unspecified atom stereocenters. The smallest absolute Gasteiger partial charge is 0.310 e. The molecule has 0 saturated heterocycles. The maximum Gasteiger partial charge on any atom is 0.310 e. The van der Waals surface area contributed by atoms with Crippen molar-refractivity contribution in [2.24, 2.45) is 0 Å². The molecule has 3 heteroatoms. The third-order valence-corrected chi connectivity index (χ3v) is 2.54. The van der Waals surface area contributed by atoms with Gasteiger partial charge >= 0.3 is 5.97 Å². The Morgan fingerprint density at radius 2 is 2.07 bits per heavy atom. The number of thioether (sulfide) groups is 1. The quantitative estimate of drug-likeness (QED) is 0.433. The number of benzene rings is 1. The first-order chi connectivity index (χ1) is 6.72. The van der Waals surface area contributed by atoms with Gasteiger partial charge in [0.05, 0.1) is 6.42 Å². The van der Waals surface area contributed by atoms with Gasteiger partial charge in [-0.15, -0.1) is 0 Å². The number of carbonyl (C=O) groups excluding carboxylic acids is 1. The fourth-order valence-corrected chi connectivity index (χ4v) is 1.79. The van der Waals surface area contributed by atoms with Crippen LogP contribution in [0.5, 0.6) is 0 Å². The lowest BCUT2D eigenvalue weighted by Gasteiger charge is -2.11. The average Bonchev–Trinajstić information content (AvgIpc) is 2.19. The van der Waals surface area contributed by atoms with E-state index in [9.17, 15) is 4.79 Å². The molecule has 0 bridgehead atoms. The van der Waals surface area contributed by atoms with Gasteiger partial charge in [0.15, 0.2) is 0 Å². The minimum Gasteiger partial charge on any atom is -0.451 e. The summed E-state index contributed by atoms with van der Waals surface area (Å²) in [6.07, 6.45) is 1.42. The second kappa shape index (κ2) is 5.70. The summed E-state index contributed by atoms with van der Waals surface area (Å²) in [4.78, 5) is 12.0. The van der Waals surface area contributed by atoms with Gasteiger partial charge in [0.25, 0.3) is 0 Å². The molecule has 1 radical (unpaired) electrons. The first kappa shape index (κ1) is 11.1. The van der Waals surface area contributed by atoms with Crippen LogP contribution < -0.4 is 0 Å². The lowest BCUT2D eigenvalue weighted by Crippen LogP contribution is -2.10. The van der Waals surface area contributed by atoms with Crippen LogP contribution in [-0.4, -0.2) is 11.4 Å². The molecule has 1 aromatic rings. The molecule has 0 spiro atoms. The topological polar surface area (TPSA) is 26.3 Å². The zero-order valence-corrected chi connectivity index (χ0v) is 9.08. The van der Waals surface area contributed by atoms with Crippen molar-refractivity contribution < 1.29 is 9.53 Å². The molecule has 75 valence electrons. The van der Waals surface area contributed by atoms with E-state index in [-0.39, 0.29) is 11.4 Å². The van der Waals surface area contributed by atoms with E-state index in [1.54, 1.807) is 6.92 Å². The standard InChI is InChI=1S/C11H13O2S/c1-3-11(12)13-9(2)14-10-7-5-4-6-8-10/h3-9H,1-2H3. The van der Waals surface area contributed by atoms with E-state index in [0.29, 0.717) is 0 Å². The molecule has 2 nitrogen and oxygen atoms in total. The molecule has 0 saturated carbocycles. The minimum absolute atomic E-state index is 0.152. The van der Waals surface area contributed by atoms with Crippen LogP contribution in [-0.2, 0) is 9.53 Å². The molecule has 0 fully saturated rings. The maximum atomic E-state index is 10.9. The van der Waals surface area contributed by atoms with E-state index in [2.05, 4.69) is 0 Å². The van der Waals surface area contributed by atoms with Crippen LogP contribution in [0.15, 0.2) is 35.2 Å². The second-order valence-corrected chi connectivity index (χ2v) is 4.10. The Bertz CT molecular complexity index is 285. The SMILES string of the molecule is C[CH]C(=O)OC(C)Sc1ccccc1. The van der Waals surface area contributed by atoms with Crippen molar-refractivity contribution in [2.75, 3.05) is 0 Å². The van der Waals surface area contributed by atoms with E-state index in [4.69, 9.17) is 4.74 Å². The van der Waals surface area contributed by atoms with E-state index in [0.717, 1.165) is 4.90 Å². The maximum absolute atomic E-state index is 10.9. The summed E-state index contributed by atoms with van der Waals surface area (Å²) in [5.74, 6) is -0.277. The third kappa shape index (κ3) is 3.83. The number of rotatable bonds is 4. The minimum atomic E-state index is -0.277. The number of ether oxygens (including phenoxy) is 1. The van der Waals surface area contributed by atoms with Gasteiger partial charge in [0.2, 0.25) is 0 Å². The molecule has 0 aliphatic carbocycles. The number of hydrogen-bond donors (Lipinski definition) is 0. The second-order valence-electron chi connectivity index (χ2n) is 2.72. The fourth-order valence-electron chi connectivity index (χ4n) is 0.946. The van der Waals surface area contributed by atoms with Crippen LogP contribution in [0, 0.1) is 6.42 Å². The molecular weight excluding hydrogens is 196 g/mol. The molecule has 1 rings (SSSR count). The zero-order valence-electron chi connectivity index (χ0n) is 8.27. The molecule has 0 amide bonds. The molecule has 0 aliphatic rings. The predicted octanol–water partition coefficient (Wildman–Crippen LogP) is 2.89. The molecular formula is C11H13O2S. The van der Waals surface area contributed by atoms with Gasteiger partial charge in [-0.2, -0.15) is 0 Å². The first-order valence-electron chi connectivity index (χ1n) is 4.44. The van der Waals surface area contributed by atoms with Crippen LogP contribution >= 0.6 is 11.8 Å². The lowest BCUT2D eigenvalue weighted by atomic mass is 10.4. The summed E-state index contributed by atoms with van der Waals surface area (Å²) in [7, 11) is 0. The predicted molar refractivity (Wildman–Crippen MR) is 57.8 cm³/mol. The molecule has 0 aliphatic heterocycles. The van der Waals surface area contributed by atoms with Gasteiger partial charge in [0, 0.05) is 4.90 Å². The third-order valence-electron chi connectivity index (χ3n) is 1.56. The highest BCUT2D eigenvalue weighted by Crippen LogP contribution is 2.23. The van der Waals surface area contributed by atoms with Crippen molar-refractivity contribution in [3.63, 3.8) is 0 Å². The van der Waals surface area contributed by atoms with E-state index >= 15 is 0 Å². The highest BCUT2D eigenvalue weighted by molar-refractivity contribution is 7.99. The van der Waals surface area contributed by atoms with Crippen LogP contribution in [0.1, 0.15) is 13.8 Å². The Labute approximate surface area is 88.7 Å². The van der Waals surface area contributed by atoms with Gasteiger partial charge in [-0.25, -0.2) is 0 Å². The molecule has 0 aromatic heterocycles. The summed E-state index contributed by atoms with van der Waals surface area (Å²) in [6.45, 7) is 3.53. The fraction of sp³-hybridized carbons (Fsp3) is 0.273. The first-order valence-corrected chi connectivity index (χ1v) is 5.32.